The fourth-order valence-corrected chi connectivity index (χ4v) is 2.96. The van der Waals surface area contributed by atoms with Gasteiger partial charge in [-0.25, -0.2) is 4.39 Å². The molecule has 0 saturated heterocycles. The normalized spacial score (nSPS) is 12.8. The quantitative estimate of drug-likeness (QED) is 0.834. The highest BCUT2D eigenvalue weighted by atomic mass is 79.9. The van der Waals surface area contributed by atoms with Crippen LogP contribution in [0.25, 0.3) is 0 Å². The first-order valence-corrected chi connectivity index (χ1v) is 7.07. The van der Waals surface area contributed by atoms with Crippen molar-refractivity contribution >= 4 is 15.9 Å². The van der Waals surface area contributed by atoms with E-state index in [0.29, 0.717) is 6.54 Å². The third-order valence-electron chi connectivity index (χ3n) is 2.67. The third-order valence-corrected chi connectivity index (χ3v) is 3.12. The van der Waals surface area contributed by atoms with Crippen molar-refractivity contribution in [2.24, 2.45) is 5.41 Å². The van der Waals surface area contributed by atoms with Crippen LogP contribution in [0.2, 0.25) is 0 Å². The molecule has 0 atom stereocenters. The summed E-state index contributed by atoms with van der Waals surface area (Å²) >= 11 is 3.31. The molecule has 0 aliphatic heterocycles. The van der Waals surface area contributed by atoms with Crippen LogP contribution < -0.4 is 5.32 Å². The fourth-order valence-electron chi connectivity index (χ4n) is 2.44. The van der Waals surface area contributed by atoms with Gasteiger partial charge in [-0.2, -0.15) is 0 Å². The zero-order chi connectivity index (χ0) is 14.0. The molecule has 0 radical (unpaired) electrons. The van der Waals surface area contributed by atoms with Gasteiger partial charge in [-0.15, -0.1) is 0 Å². The van der Waals surface area contributed by atoms with E-state index in [9.17, 15) is 4.39 Å². The Morgan fingerprint density at radius 1 is 1.11 bits per heavy atom. The first kappa shape index (κ1) is 15.6. The van der Waals surface area contributed by atoms with Gasteiger partial charge in [0.05, 0.1) is 0 Å². The molecule has 0 bridgehead atoms. The van der Waals surface area contributed by atoms with Crippen molar-refractivity contribution in [2.75, 3.05) is 0 Å². The van der Waals surface area contributed by atoms with Crippen molar-refractivity contribution in [3.63, 3.8) is 0 Å². The SMILES string of the molecule is CC(C)(C)CC(C)(C)NCc1cc(F)cc(Br)c1. The second-order valence-corrected chi connectivity index (χ2v) is 7.67. The van der Waals surface area contributed by atoms with Gasteiger partial charge in [-0.05, 0) is 49.4 Å². The number of halogens is 2. The first-order valence-electron chi connectivity index (χ1n) is 6.27. The molecular formula is C15H23BrFN. The summed E-state index contributed by atoms with van der Waals surface area (Å²) in [7, 11) is 0. The van der Waals surface area contributed by atoms with E-state index in [0.717, 1.165) is 16.5 Å². The molecule has 1 aromatic carbocycles. The van der Waals surface area contributed by atoms with Crippen LogP contribution in [-0.4, -0.2) is 5.54 Å². The minimum atomic E-state index is -0.199. The minimum Gasteiger partial charge on any atom is -0.308 e. The standard InChI is InChI=1S/C15H23BrFN/c1-14(2,3)10-15(4,5)18-9-11-6-12(16)8-13(17)7-11/h6-8,18H,9-10H2,1-5H3. The Balaban J connectivity index is 2.64. The van der Waals surface area contributed by atoms with Gasteiger partial charge in [0.25, 0.3) is 0 Å². The molecule has 1 aromatic rings. The molecule has 0 heterocycles. The van der Waals surface area contributed by atoms with Gasteiger partial charge in [0, 0.05) is 16.6 Å². The van der Waals surface area contributed by atoms with E-state index in [1.54, 1.807) is 6.07 Å². The van der Waals surface area contributed by atoms with E-state index in [1.165, 1.54) is 6.07 Å². The summed E-state index contributed by atoms with van der Waals surface area (Å²) < 4.78 is 14.0. The van der Waals surface area contributed by atoms with E-state index < -0.39 is 0 Å². The van der Waals surface area contributed by atoms with Crippen molar-refractivity contribution in [2.45, 2.75) is 53.1 Å². The molecular weight excluding hydrogens is 293 g/mol. The van der Waals surface area contributed by atoms with Crippen LogP contribution in [0.3, 0.4) is 0 Å². The van der Waals surface area contributed by atoms with Gasteiger partial charge in [0.1, 0.15) is 5.82 Å². The molecule has 3 heteroatoms. The average Bonchev–Trinajstić information content (AvgIpc) is 2.09. The molecule has 0 aromatic heterocycles. The molecule has 1 rings (SSSR count). The predicted octanol–water partition coefficient (Wildman–Crippen LogP) is 4.89. The van der Waals surface area contributed by atoms with Crippen molar-refractivity contribution in [1.29, 1.82) is 0 Å². The molecule has 0 amide bonds. The molecule has 0 saturated carbocycles. The molecule has 102 valence electrons. The van der Waals surface area contributed by atoms with Gasteiger partial charge < -0.3 is 5.32 Å². The zero-order valence-electron chi connectivity index (χ0n) is 11.9. The van der Waals surface area contributed by atoms with Gasteiger partial charge in [0.2, 0.25) is 0 Å². The number of benzene rings is 1. The maximum Gasteiger partial charge on any atom is 0.124 e. The molecule has 0 spiro atoms. The van der Waals surface area contributed by atoms with Crippen LogP contribution in [0.1, 0.15) is 46.6 Å². The average molecular weight is 316 g/mol. The Labute approximate surface area is 118 Å². The van der Waals surface area contributed by atoms with Crippen LogP contribution in [0, 0.1) is 11.2 Å². The fraction of sp³-hybridized carbons (Fsp3) is 0.600. The molecule has 0 aliphatic rings. The van der Waals surface area contributed by atoms with Crippen molar-refractivity contribution in [3.8, 4) is 0 Å². The lowest BCUT2D eigenvalue weighted by Gasteiger charge is -2.33. The molecule has 0 aliphatic carbocycles. The van der Waals surface area contributed by atoms with Gasteiger partial charge in [-0.1, -0.05) is 36.7 Å². The Morgan fingerprint density at radius 2 is 1.72 bits per heavy atom. The van der Waals surface area contributed by atoms with Crippen LogP contribution in [-0.2, 0) is 6.54 Å². The van der Waals surface area contributed by atoms with Crippen LogP contribution in [0.15, 0.2) is 22.7 Å². The Kier molecular flexibility index (Phi) is 4.96. The number of nitrogens with one attached hydrogen (secondary N) is 1. The summed E-state index contributed by atoms with van der Waals surface area (Å²) in [4.78, 5) is 0. The van der Waals surface area contributed by atoms with Crippen molar-refractivity contribution < 1.29 is 4.39 Å². The summed E-state index contributed by atoms with van der Waals surface area (Å²) in [6.45, 7) is 11.7. The first-order chi connectivity index (χ1) is 8.07. The van der Waals surface area contributed by atoms with E-state index in [2.05, 4.69) is 55.9 Å². The van der Waals surface area contributed by atoms with E-state index in [-0.39, 0.29) is 16.8 Å². The van der Waals surface area contributed by atoms with Gasteiger partial charge >= 0.3 is 0 Å². The third kappa shape index (κ3) is 5.96. The minimum absolute atomic E-state index is 0.0387. The Morgan fingerprint density at radius 3 is 2.22 bits per heavy atom. The number of rotatable bonds is 4. The Hall–Kier alpha value is -0.410. The summed E-state index contributed by atoms with van der Waals surface area (Å²) in [5.74, 6) is -0.199. The summed E-state index contributed by atoms with van der Waals surface area (Å²) in [6.07, 6.45) is 1.07. The molecule has 1 N–H and O–H groups in total. The highest BCUT2D eigenvalue weighted by Crippen LogP contribution is 2.27. The largest absolute Gasteiger partial charge is 0.308 e. The summed E-state index contributed by atoms with van der Waals surface area (Å²) in [5.41, 5.74) is 1.28. The topological polar surface area (TPSA) is 12.0 Å². The summed E-state index contributed by atoms with van der Waals surface area (Å²) in [6, 6.07) is 5.00. The number of hydrogen-bond acceptors (Lipinski definition) is 1. The maximum atomic E-state index is 13.3. The number of hydrogen-bond donors (Lipinski definition) is 1. The summed E-state index contributed by atoms with van der Waals surface area (Å²) in [5, 5.41) is 3.50. The molecule has 0 unspecified atom stereocenters. The van der Waals surface area contributed by atoms with Crippen LogP contribution in [0.4, 0.5) is 4.39 Å². The Bertz CT molecular complexity index is 387. The highest BCUT2D eigenvalue weighted by Gasteiger charge is 2.24. The van der Waals surface area contributed by atoms with Crippen molar-refractivity contribution in [1.82, 2.24) is 5.32 Å². The molecule has 0 fully saturated rings. The lowest BCUT2D eigenvalue weighted by atomic mass is 9.82. The highest BCUT2D eigenvalue weighted by molar-refractivity contribution is 9.10. The maximum absolute atomic E-state index is 13.3. The predicted molar refractivity (Wildman–Crippen MR) is 79.1 cm³/mol. The second-order valence-electron chi connectivity index (χ2n) is 6.75. The lowest BCUT2D eigenvalue weighted by Crippen LogP contribution is -2.41. The zero-order valence-corrected chi connectivity index (χ0v) is 13.5. The van der Waals surface area contributed by atoms with E-state index in [1.807, 2.05) is 6.07 Å². The second kappa shape index (κ2) is 5.70. The van der Waals surface area contributed by atoms with Crippen LogP contribution >= 0.6 is 15.9 Å². The lowest BCUT2D eigenvalue weighted by molar-refractivity contribution is 0.240. The monoisotopic (exact) mass is 315 g/mol. The van der Waals surface area contributed by atoms with E-state index in [4.69, 9.17) is 0 Å². The van der Waals surface area contributed by atoms with Gasteiger partial charge in [-0.3, -0.25) is 0 Å². The van der Waals surface area contributed by atoms with E-state index >= 15 is 0 Å². The smallest absolute Gasteiger partial charge is 0.124 e. The van der Waals surface area contributed by atoms with Crippen molar-refractivity contribution in [3.05, 3.63) is 34.1 Å². The molecule has 1 nitrogen and oxygen atoms in total. The molecule has 18 heavy (non-hydrogen) atoms. The van der Waals surface area contributed by atoms with Gasteiger partial charge in [0.15, 0.2) is 0 Å². The van der Waals surface area contributed by atoms with Crippen LogP contribution in [0.5, 0.6) is 0 Å².